The van der Waals surface area contributed by atoms with Crippen LogP contribution in [0.25, 0.3) is 0 Å². The first kappa shape index (κ1) is 13.7. The van der Waals surface area contributed by atoms with Crippen LogP contribution in [0.15, 0.2) is 12.5 Å². The lowest BCUT2D eigenvalue weighted by Gasteiger charge is -2.03. The predicted octanol–water partition coefficient (Wildman–Crippen LogP) is 1.28. The Hall–Kier alpha value is -1.36. The summed E-state index contributed by atoms with van der Waals surface area (Å²) in [7, 11) is 1.67. The summed E-state index contributed by atoms with van der Waals surface area (Å²) >= 11 is 0. The first-order valence-electron chi connectivity index (χ1n) is 6.09. The van der Waals surface area contributed by atoms with Crippen LogP contribution in [-0.4, -0.2) is 36.1 Å². The highest BCUT2D eigenvalue weighted by atomic mass is 16.5. The lowest BCUT2D eigenvalue weighted by atomic mass is 10.2. The molecular weight excluding hydrogens is 218 g/mol. The smallest absolute Gasteiger partial charge is 0.219 e. The number of nitrogens with one attached hydrogen (secondary N) is 2. The highest BCUT2D eigenvalue weighted by Crippen LogP contribution is 2.00. The van der Waals surface area contributed by atoms with Crippen LogP contribution in [0.3, 0.4) is 0 Å². The molecule has 0 unspecified atom stereocenters. The minimum atomic E-state index is 0.115. The Morgan fingerprint density at radius 3 is 3.00 bits per heavy atom. The van der Waals surface area contributed by atoms with Crippen LogP contribution in [0.2, 0.25) is 0 Å². The van der Waals surface area contributed by atoms with Crippen LogP contribution in [0, 0.1) is 0 Å². The van der Waals surface area contributed by atoms with E-state index in [9.17, 15) is 4.79 Å². The van der Waals surface area contributed by atoms with Crippen LogP contribution in [0.1, 0.15) is 31.4 Å². The molecule has 0 bridgehead atoms. The number of carbonyl (C=O) groups is 1. The summed E-state index contributed by atoms with van der Waals surface area (Å²) in [6, 6.07) is 0. The Kier molecular flexibility index (Phi) is 7.06. The minimum Gasteiger partial charge on any atom is -0.381 e. The molecule has 0 fully saturated rings. The van der Waals surface area contributed by atoms with Gasteiger partial charge in [0.05, 0.1) is 18.6 Å². The Bertz CT molecular complexity index is 299. The van der Waals surface area contributed by atoms with Crippen molar-refractivity contribution in [1.82, 2.24) is 15.3 Å². The number of ether oxygens (including phenoxy) is 1. The Morgan fingerprint density at radius 1 is 1.41 bits per heavy atom. The van der Waals surface area contributed by atoms with Gasteiger partial charge in [-0.3, -0.25) is 4.79 Å². The molecular formula is C12H21N3O2. The fourth-order valence-electron chi connectivity index (χ4n) is 1.50. The van der Waals surface area contributed by atoms with Crippen LogP contribution in [-0.2, 0) is 16.0 Å². The van der Waals surface area contributed by atoms with Crippen molar-refractivity contribution in [1.29, 1.82) is 0 Å². The number of hydrogen-bond acceptors (Lipinski definition) is 3. The molecule has 96 valence electrons. The maximum absolute atomic E-state index is 10.9. The van der Waals surface area contributed by atoms with Gasteiger partial charge in [0.25, 0.3) is 0 Å². The fraction of sp³-hybridized carbons (Fsp3) is 0.667. The van der Waals surface area contributed by atoms with Gasteiger partial charge >= 0.3 is 0 Å². The molecule has 1 aromatic rings. The Morgan fingerprint density at radius 2 is 2.29 bits per heavy atom. The normalized spacial score (nSPS) is 10.4. The third-order valence-electron chi connectivity index (χ3n) is 2.53. The van der Waals surface area contributed by atoms with E-state index in [-0.39, 0.29) is 5.91 Å². The van der Waals surface area contributed by atoms with Crippen molar-refractivity contribution < 1.29 is 9.53 Å². The van der Waals surface area contributed by atoms with Gasteiger partial charge in [-0.15, -0.1) is 0 Å². The number of nitrogens with zero attached hydrogens (tertiary/aromatic N) is 1. The summed E-state index contributed by atoms with van der Waals surface area (Å²) < 4.78 is 5.49. The molecule has 1 rings (SSSR count). The van der Waals surface area contributed by atoms with Gasteiger partial charge in [-0.1, -0.05) is 6.42 Å². The Balaban J connectivity index is 1.83. The average Bonchev–Trinajstić information content (AvgIpc) is 2.85. The van der Waals surface area contributed by atoms with E-state index in [2.05, 4.69) is 15.3 Å². The van der Waals surface area contributed by atoms with Gasteiger partial charge in [0.2, 0.25) is 5.91 Å². The molecule has 0 radical (unpaired) electrons. The standard InChI is InChI=1S/C12H21N3O2/c1-13-12(16)5-3-2-4-7-17-8-6-11-9-14-10-15-11/h9-10H,2-8H2,1H3,(H,13,16)(H,14,15). The molecule has 0 saturated carbocycles. The topological polar surface area (TPSA) is 67.0 Å². The second kappa shape index (κ2) is 8.75. The van der Waals surface area contributed by atoms with Gasteiger partial charge in [-0.25, -0.2) is 4.98 Å². The number of H-pyrrole nitrogens is 1. The summed E-state index contributed by atoms with van der Waals surface area (Å²) in [4.78, 5) is 17.9. The van der Waals surface area contributed by atoms with Crippen LogP contribution in [0.5, 0.6) is 0 Å². The molecule has 5 heteroatoms. The fourth-order valence-corrected chi connectivity index (χ4v) is 1.50. The maximum atomic E-state index is 10.9. The summed E-state index contributed by atoms with van der Waals surface area (Å²) in [6.07, 6.45) is 8.00. The van der Waals surface area contributed by atoms with Crippen molar-refractivity contribution in [3.63, 3.8) is 0 Å². The molecule has 0 spiro atoms. The van der Waals surface area contributed by atoms with Crippen molar-refractivity contribution in [2.45, 2.75) is 32.1 Å². The highest BCUT2D eigenvalue weighted by Gasteiger charge is 1.98. The third-order valence-corrected chi connectivity index (χ3v) is 2.53. The lowest BCUT2D eigenvalue weighted by Crippen LogP contribution is -2.16. The molecule has 0 aliphatic rings. The third kappa shape index (κ3) is 6.73. The number of imidazole rings is 1. The summed E-state index contributed by atoms with van der Waals surface area (Å²) in [5, 5.41) is 2.61. The van der Waals surface area contributed by atoms with E-state index in [1.165, 1.54) is 0 Å². The predicted molar refractivity (Wildman–Crippen MR) is 65.6 cm³/mol. The van der Waals surface area contributed by atoms with Gasteiger partial charge in [-0.2, -0.15) is 0 Å². The van der Waals surface area contributed by atoms with Gasteiger partial charge in [0, 0.05) is 32.7 Å². The van der Waals surface area contributed by atoms with Gasteiger partial charge < -0.3 is 15.0 Å². The number of carbonyl (C=O) groups excluding carboxylic acids is 1. The van der Waals surface area contributed by atoms with E-state index in [1.54, 1.807) is 13.4 Å². The van der Waals surface area contributed by atoms with E-state index in [0.717, 1.165) is 38.0 Å². The van der Waals surface area contributed by atoms with Gasteiger partial charge in [0.1, 0.15) is 0 Å². The van der Waals surface area contributed by atoms with E-state index in [0.29, 0.717) is 13.0 Å². The van der Waals surface area contributed by atoms with Crippen molar-refractivity contribution in [2.24, 2.45) is 0 Å². The number of unbranched alkanes of at least 4 members (excludes halogenated alkanes) is 2. The van der Waals surface area contributed by atoms with Crippen molar-refractivity contribution >= 4 is 5.91 Å². The Labute approximate surface area is 102 Å². The zero-order chi connectivity index (χ0) is 12.3. The zero-order valence-corrected chi connectivity index (χ0v) is 10.4. The molecule has 0 saturated heterocycles. The molecule has 0 aromatic carbocycles. The van der Waals surface area contributed by atoms with E-state index < -0.39 is 0 Å². The van der Waals surface area contributed by atoms with Crippen LogP contribution >= 0.6 is 0 Å². The first-order chi connectivity index (χ1) is 8.33. The molecule has 1 amide bonds. The number of aromatic nitrogens is 2. The van der Waals surface area contributed by atoms with E-state index >= 15 is 0 Å². The number of amides is 1. The molecule has 1 aromatic heterocycles. The molecule has 0 aliphatic heterocycles. The number of aromatic amines is 1. The van der Waals surface area contributed by atoms with Gasteiger partial charge in [-0.05, 0) is 12.8 Å². The zero-order valence-electron chi connectivity index (χ0n) is 10.4. The highest BCUT2D eigenvalue weighted by molar-refractivity contribution is 5.75. The molecule has 2 N–H and O–H groups in total. The number of hydrogen-bond donors (Lipinski definition) is 2. The first-order valence-corrected chi connectivity index (χ1v) is 6.09. The molecule has 0 aliphatic carbocycles. The average molecular weight is 239 g/mol. The summed E-state index contributed by atoms with van der Waals surface area (Å²) in [5.74, 6) is 0.115. The number of rotatable bonds is 9. The largest absolute Gasteiger partial charge is 0.381 e. The molecule has 0 atom stereocenters. The second-order valence-electron chi connectivity index (χ2n) is 3.91. The van der Waals surface area contributed by atoms with E-state index in [1.807, 2.05) is 6.20 Å². The lowest BCUT2D eigenvalue weighted by molar-refractivity contribution is -0.120. The van der Waals surface area contributed by atoms with Gasteiger partial charge in [0.15, 0.2) is 0 Å². The SMILES string of the molecule is CNC(=O)CCCCCOCCc1c[nH]cn1. The van der Waals surface area contributed by atoms with Crippen molar-refractivity contribution in [2.75, 3.05) is 20.3 Å². The monoisotopic (exact) mass is 239 g/mol. The van der Waals surface area contributed by atoms with Crippen LogP contribution < -0.4 is 5.32 Å². The molecule has 5 nitrogen and oxygen atoms in total. The summed E-state index contributed by atoms with van der Waals surface area (Å²) in [5.41, 5.74) is 1.03. The van der Waals surface area contributed by atoms with Crippen LogP contribution in [0.4, 0.5) is 0 Å². The second-order valence-corrected chi connectivity index (χ2v) is 3.91. The minimum absolute atomic E-state index is 0.115. The summed E-state index contributed by atoms with van der Waals surface area (Å²) in [6.45, 7) is 1.47. The van der Waals surface area contributed by atoms with Crippen molar-refractivity contribution in [3.8, 4) is 0 Å². The van der Waals surface area contributed by atoms with Crippen molar-refractivity contribution in [3.05, 3.63) is 18.2 Å². The molecule has 17 heavy (non-hydrogen) atoms. The quantitative estimate of drug-likeness (QED) is 0.638. The maximum Gasteiger partial charge on any atom is 0.219 e. The van der Waals surface area contributed by atoms with E-state index in [4.69, 9.17) is 4.74 Å². The molecule has 1 heterocycles.